The van der Waals surface area contributed by atoms with E-state index in [1.54, 1.807) is 0 Å². The molecule has 3 rings (SSSR count). The van der Waals surface area contributed by atoms with Crippen molar-refractivity contribution in [1.82, 2.24) is 4.90 Å². The molecule has 1 saturated heterocycles. The zero-order valence-corrected chi connectivity index (χ0v) is 13.0. The fourth-order valence-electron chi connectivity index (χ4n) is 4.33. The Kier molecular flexibility index (Phi) is 3.04. The normalized spacial score (nSPS) is 35.1. The molecular weight excluding hydrogens is 254 g/mol. The maximum Gasteiger partial charge on any atom is 0.232 e. The quantitative estimate of drug-likeness (QED) is 0.692. The van der Waals surface area contributed by atoms with Crippen LogP contribution in [0.1, 0.15) is 40.5 Å². The van der Waals surface area contributed by atoms with Crippen LogP contribution in [0.25, 0.3) is 0 Å². The summed E-state index contributed by atoms with van der Waals surface area (Å²) in [5, 5.41) is 0. The topological polar surface area (TPSA) is 38.8 Å². The van der Waals surface area contributed by atoms with Gasteiger partial charge in [-0.1, -0.05) is 19.9 Å². The fourth-order valence-corrected chi connectivity index (χ4v) is 4.33. The minimum Gasteiger partial charge on any atom is -0.347 e. The van der Waals surface area contributed by atoms with E-state index in [2.05, 4.69) is 26.8 Å². The van der Waals surface area contributed by atoms with Gasteiger partial charge in [0.05, 0.1) is 18.6 Å². The number of likely N-dealkylation sites (N-methyl/N-ethyl adjacent to an activating group) is 1. The Morgan fingerprint density at radius 2 is 1.85 bits per heavy atom. The molecule has 3 aliphatic rings. The second-order valence-electron chi connectivity index (χ2n) is 6.87. The molecule has 0 aromatic carbocycles. The highest BCUT2D eigenvalue weighted by Gasteiger charge is 2.62. The average Bonchev–Trinajstić information content (AvgIpc) is 2.88. The molecule has 1 atom stereocenters. The maximum absolute atomic E-state index is 12.8. The fraction of sp³-hybridized carbons (Fsp3) is 0.812. The molecule has 0 aromatic heterocycles. The monoisotopic (exact) mass is 279 g/mol. The van der Waals surface area contributed by atoms with Gasteiger partial charge in [0.25, 0.3) is 0 Å². The summed E-state index contributed by atoms with van der Waals surface area (Å²) in [6, 6.07) is 0. The summed E-state index contributed by atoms with van der Waals surface area (Å²) in [5.41, 5.74) is 0.553. The molecule has 1 amide bonds. The number of rotatable bonds is 1. The molecule has 1 saturated carbocycles. The first-order chi connectivity index (χ1) is 9.37. The molecule has 1 aliphatic carbocycles. The highest BCUT2D eigenvalue weighted by Crippen LogP contribution is 2.59. The molecule has 1 spiro atoms. The maximum atomic E-state index is 12.8. The number of ether oxygens (including phenoxy) is 2. The van der Waals surface area contributed by atoms with Crippen molar-refractivity contribution >= 4 is 5.91 Å². The number of hydrogen-bond acceptors (Lipinski definition) is 3. The Hall–Kier alpha value is -0.870. The van der Waals surface area contributed by atoms with Gasteiger partial charge in [0.2, 0.25) is 5.91 Å². The average molecular weight is 279 g/mol. The summed E-state index contributed by atoms with van der Waals surface area (Å²) in [5.74, 6) is -0.272. The van der Waals surface area contributed by atoms with Crippen molar-refractivity contribution in [2.45, 2.75) is 46.3 Å². The van der Waals surface area contributed by atoms with Crippen LogP contribution in [0.15, 0.2) is 11.6 Å². The smallest absolute Gasteiger partial charge is 0.232 e. The minimum atomic E-state index is -0.535. The molecule has 2 aliphatic heterocycles. The van der Waals surface area contributed by atoms with Crippen LogP contribution in [0.2, 0.25) is 0 Å². The Morgan fingerprint density at radius 1 is 1.20 bits per heavy atom. The lowest BCUT2D eigenvalue weighted by Crippen LogP contribution is -2.60. The number of amides is 1. The van der Waals surface area contributed by atoms with E-state index in [9.17, 15) is 4.79 Å². The van der Waals surface area contributed by atoms with Gasteiger partial charge in [0.1, 0.15) is 0 Å². The Morgan fingerprint density at radius 3 is 2.45 bits per heavy atom. The number of carbonyl (C=O) groups is 1. The molecule has 2 fully saturated rings. The van der Waals surface area contributed by atoms with E-state index in [0.717, 1.165) is 19.4 Å². The zero-order valence-electron chi connectivity index (χ0n) is 13.0. The van der Waals surface area contributed by atoms with Gasteiger partial charge in [0.15, 0.2) is 5.79 Å². The Balaban J connectivity index is 2.04. The number of hydrogen-bond donors (Lipinski definition) is 0. The lowest BCUT2D eigenvalue weighted by molar-refractivity contribution is -0.239. The molecule has 4 heteroatoms. The molecule has 2 heterocycles. The van der Waals surface area contributed by atoms with Crippen molar-refractivity contribution in [3.63, 3.8) is 0 Å². The number of fused-ring (bicyclic) bond motifs is 1. The third kappa shape index (κ3) is 1.58. The van der Waals surface area contributed by atoms with Gasteiger partial charge in [-0.15, -0.1) is 0 Å². The van der Waals surface area contributed by atoms with Crippen molar-refractivity contribution in [3.8, 4) is 0 Å². The zero-order chi connectivity index (χ0) is 14.6. The Labute approximate surface area is 121 Å². The molecule has 0 N–H and O–H groups in total. The third-order valence-electron chi connectivity index (χ3n) is 5.58. The van der Waals surface area contributed by atoms with Crippen LogP contribution in [0.4, 0.5) is 0 Å². The molecule has 0 aromatic rings. The second kappa shape index (κ2) is 4.31. The first kappa shape index (κ1) is 14.1. The van der Waals surface area contributed by atoms with Crippen LogP contribution in [-0.4, -0.2) is 42.9 Å². The van der Waals surface area contributed by atoms with Crippen LogP contribution in [0.3, 0.4) is 0 Å². The molecule has 20 heavy (non-hydrogen) atoms. The lowest BCUT2D eigenvalue weighted by atomic mass is 9.56. The van der Waals surface area contributed by atoms with Crippen molar-refractivity contribution in [3.05, 3.63) is 11.6 Å². The molecule has 112 valence electrons. The van der Waals surface area contributed by atoms with E-state index in [1.807, 2.05) is 11.8 Å². The minimum absolute atomic E-state index is 0.258. The van der Waals surface area contributed by atoms with Gasteiger partial charge < -0.3 is 14.4 Å². The largest absolute Gasteiger partial charge is 0.347 e. The van der Waals surface area contributed by atoms with Crippen molar-refractivity contribution in [2.24, 2.45) is 10.8 Å². The van der Waals surface area contributed by atoms with E-state index in [-0.39, 0.29) is 11.3 Å². The van der Waals surface area contributed by atoms with Gasteiger partial charge in [-0.3, -0.25) is 4.79 Å². The van der Waals surface area contributed by atoms with Crippen molar-refractivity contribution in [2.75, 3.05) is 26.3 Å². The molecule has 0 bridgehead atoms. The number of carbonyl (C=O) groups excluding carboxylic acids is 1. The van der Waals surface area contributed by atoms with E-state index in [4.69, 9.17) is 9.47 Å². The van der Waals surface area contributed by atoms with Gasteiger partial charge in [-0.05, 0) is 25.8 Å². The summed E-state index contributed by atoms with van der Waals surface area (Å²) in [6.45, 7) is 11.2. The lowest BCUT2D eigenvalue weighted by Gasteiger charge is -2.56. The van der Waals surface area contributed by atoms with E-state index >= 15 is 0 Å². The molecular formula is C16H25NO3. The molecule has 1 unspecified atom stereocenters. The summed E-state index contributed by atoms with van der Waals surface area (Å²) in [7, 11) is 0. The standard InChI is InChI=1S/C16H25NO3/c1-5-17-9-6-12-14(2,3)16(19-10-11-20-16)8-7-15(12,4)13(17)18/h6H,5,7-11H2,1-4H3. The second-order valence-corrected chi connectivity index (χ2v) is 6.87. The highest BCUT2D eigenvalue weighted by atomic mass is 16.7. The molecule has 0 radical (unpaired) electrons. The van der Waals surface area contributed by atoms with E-state index in [0.29, 0.717) is 19.8 Å². The van der Waals surface area contributed by atoms with Crippen LogP contribution >= 0.6 is 0 Å². The predicted molar refractivity (Wildman–Crippen MR) is 76.1 cm³/mol. The highest BCUT2D eigenvalue weighted by molar-refractivity contribution is 5.87. The summed E-state index contributed by atoms with van der Waals surface area (Å²) in [6.07, 6.45) is 3.82. The van der Waals surface area contributed by atoms with Gasteiger partial charge in [-0.25, -0.2) is 0 Å². The van der Waals surface area contributed by atoms with Crippen LogP contribution in [0, 0.1) is 10.8 Å². The van der Waals surface area contributed by atoms with Gasteiger partial charge in [-0.2, -0.15) is 0 Å². The van der Waals surface area contributed by atoms with Gasteiger partial charge in [0, 0.05) is 24.9 Å². The van der Waals surface area contributed by atoms with Crippen LogP contribution in [-0.2, 0) is 14.3 Å². The number of nitrogens with zero attached hydrogens (tertiary/aromatic N) is 1. The Bertz CT molecular complexity index is 462. The van der Waals surface area contributed by atoms with E-state index < -0.39 is 11.2 Å². The van der Waals surface area contributed by atoms with Gasteiger partial charge >= 0.3 is 0 Å². The van der Waals surface area contributed by atoms with Crippen molar-refractivity contribution < 1.29 is 14.3 Å². The van der Waals surface area contributed by atoms with Crippen LogP contribution < -0.4 is 0 Å². The summed E-state index contributed by atoms with van der Waals surface area (Å²) >= 11 is 0. The molecule has 4 nitrogen and oxygen atoms in total. The van der Waals surface area contributed by atoms with Crippen LogP contribution in [0.5, 0.6) is 0 Å². The third-order valence-corrected chi connectivity index (χ3v) is 5.58. The summed E-state index contributed by atoms with van der Waals surface area (Å²) < 4.78 is 12.0. The predicted octanol–water partition coefficient (Wildman–Crippen LogP) is 2.34. The summed E-state index contributed by atoms with van der Waals surface area (Å²) in [4.78, 5) is 14.7. The van der Waals surface area contributed by atoms with E-state index in [1.165, 1.54) is 5.57 Å². The first-order valence-corrected chi connectivity index (χ1v) is 7.66. The van der Waals surface area contributed by atoms with Crippen molar-refractivity contribution in [1.29, 1.82) is 0 Å². The SMILES string of the molecule is CCN1CC=C2C(C)(CCC3(OCCO3)C2(C)C)C1=O. The first-order valence-electron chi connectivity index (χ1n) is 7.66.